The third-order valence-corrected chi connectivity index (χ3v) is 6.20. The fourth-order valence-corrected chi connectivity index (χ4v) is 4.19. The Labute approximate surface area is 217 Å². The highest BCUT2D eigenvalue weighted by Gasteiger charge is 2.30. The lowest BCUT2D eigenvalue weighted by atomic mass is 10.0. The average molecular weight is 496 g/mol. The van der Waals surface area contributed by atoms with E-state index < -0.39 is 6.04 Å². The number of carbonyl (C=O) groups is 2. The quantitative estimate of drug-likeness (QED) is 0.315. The Morgan fingerprint density at radius 2 is 1.43 bits per heavy atom. The highest BCUT2D eigenvalue weighted by molar-refractivity contribution is 5.88. The highest BCUT2D eigenvalue weighted by Crippen LogP contribution is 2.17. The van der Waals surface area contributed by atoms with Crippen LogP contribution in [0.1, 0.15) is 28.7 Å². The van der Waals surface area contributed by atoms with Gasteiger partial charge in [-0.1, -0.05) is 78.9 Å². The highest BCUT2D eigenvalue weighted by atomic mass is 19.1. The predicted octanol–water partition coefficient (Wildman–Crippen LogP) is 5.11. The second-order valence-corrected chi connectivity index (χ2v) is 8.92. The number of rotatable bonds is 11. The van der Waals surface area contributed by atoms with Crippen LogP contribution >= 0.6 is 0 Å². The summed E-state index contributed by atoms with van der Waals surface area (Å²) in [6.45, 7) is 0.506. The van der Waals surface area contributed by atoms with Crippen molar-refractivity contribution in [3.8, 4) is 0 Å². The number of aromatic nitrogens is 1. The fraction of sp³-hybridized carbons (Fsp3) is 0.194. The number of halogens is 1. The summed E-state index contributed by atoms with van der Waals surface area (Å²) in [5, 5.41) is 2.99. The Bertz CT molecular complexity index is 1270. The number of amides is 2. The van der Waals surface area contributed by atoms with Gasteiger partial charge >= 0.3 is 0 Å². The van der Waals surface area contributed by atoms with Gasteiger partial charge < -0.3 is 10.2 Å². The second-order valence-electron chi connectivity index (χ2n) is 8.92. The number of hydrogen-bond donors (Lipinski definition) is 1. The van der Waals surface area contributed by atoms with E-state index in [-0.39, 0.29) is 30.6 Å². The first-order valence-corrected chi connectivity index (χ1v) is 12.4. The molecule has 5 nitrogen and oxygen atoms in total. The van der Waals surface area contributed by atoms with Gasteiger partial charge in [0.1, 0.15) is 11.9 Å². The van der Waals surface area contributed by atoms with Gasteiger partial charge in [-0.3, -0.25) is 14.6 Å². The van der Waals surface area contributed by atoms with E-state index in [1.54, 1.807) is 29.4 Å². The molecule has 1 heterocycles. The van der Waals surface area contributed by atoms with Crippen molar-refractivity contribution in [3.05, 3.63) is 138 Å². The zero-order chi connectivity index (χ0) is 25.9. The summed E-state index contributed by atoms with van der Waals surface area (Å²) in [5.41, 5.74) is 3.63. The van der Waals surface area contributed by atoms with Gasteiger partial charge in [-0.25, -0.2) is 4.39 Å². The van der Waals surface area contributed by atoms with Gasteiger partial charge in [0.15, 0.2) is 0 Å². The van der Waals surface area contributed by atoms with Gasteiger partial charge in [0, 0.05) is 38.3 Å². The molecule has 0 aliphatic rings. The third-order valence-electron chi connectivity index (χ3n) is 6.20. The zero-order valence-electron chi connectivity index (χ0n) is 20.6. The van der Waals surface area contributed by atoms with E-state index in [1.807, 2.05) is 72.8 Å². The van der Waals surface area contributed by atoms with Crippen molar-refractivity contribution < 1.29 is 14.0 Å². The van der Waals surface area contributed by atoms with E-state index in [1.165, 1.54) is 12.1 Å². The van der Waals surface area contributed by atoms with Gasteiger partial charge in [-0.15, -0.1) is 0 Å². The molecule has 0 spiro atoms. The summed E-state index contributed by atoms with van der Waals surface area (Å²) in [6, 6.07) is 28.5. The summed E-state index contributed by atoms with van der Waals surface area (Å²) in [6.07, 6.45) is 4.56. The maximum atomic E-state index is 13.7. The monoisotopic (exact) mass is 495 g/mol. The molecule has 0 aliphatic heterocycles. The topological polar surface area (TPSA) is 62.3 Å². The van der Waals surface area contributed by atoms with Crippen LogP contribution in [0.2, 0.25) is 0 Å². The van der Waals surface area contributed by atoms with E-state index in [0.717, 1.165) is 22.3 Å². The maximum Gasteiger partial charge on any atom is 0.243 e. The molecule has 2 amide bonds. The summed E-state index contributed by atoms with van der Waals surface area (Å²) in [7, 11) is 0. The van der Waals surface area contributed by atoms with E-state index in [9.17, 15) is 14.0 Å². The minimum atomic E-state index is -0.743. The minimum Gasteiger partial charge on any atom is -0.350 e. The van der Waals surface area contributed by atoms with Gasteiger partial charge in [0.25, 0.3) is 0 Å². The number of aryl methyl sites for hydroxylation is 1. The van der Waals surface area contributed by atoms with Crippen molar-refractivity contribution in [2.24, 2.45) is 0 Å². The molecule has 0 aliphatic carbocycles. The molecule has 0 bridgehead atoms. The van der Waals surface area contributed by atoms with Crippen LogP contribution in [-0.2, 0) is 35.5 Å². The van der Waals surface area contributed by atoms with Crippen molar-refractivity contribution in [3.63, 3.8) is 0 Å². The van der Waals surface area contributed by atoms with E-state index in [0.29, 0.717) is 19.4 Å². The Morgan fingerprint density at radius 3 is 2.08 bits per heavy atom. The molecule has 0 saturated carbocycles. The number of hydrogen-bond acceptors (Lipinski definition) is 3. The molecule has 4 aromatic rings. The minimum absolute atomic E-state index is 0.134. The van der Waals surface area contributed by atoms with E-state index >= 15 is 0 Å². The molecule has 4 rings (SSSR count). The van der Waals surface area contributed by atoms with E-state index in [2.05, 4.69) is 10.3 Å². The van der Waals surface area contributed by atoms with Crippen molar-refractivity contribution in [1.29, 1.82) is 0 Å². The third kappa shape index (κ3) is 7.84. The lowest BCUT2D eigenvalue weighted by Crippen LogP contribution is -2.50. The van der Waals surface area contributed by atoms with Crippen LogP contribution in [0.5, 0.6) is 0 Å². The average Bonchev–Trinajstić information content (AvgIpc) is 2.95. The molecule has 0 saturated heterocycles. The van der Waals surface area contributed by atoms with Crippen molar-refractivity contribution in [2.45, 2.75) is 38.4 Å². The van der Waals surface area contributed by atoms with Crippen LogP contribution in [0.25, 0.3) is 0 Å². The second kappa shape index (κ2) is 13.1. The molecule has 1 atom stereocenters. The fourth-order valence-electron chi connectivity index (χ4n) is 4.19. The molecule has 1 unspecified atom stereocenters. The molecule has 0 fully saturated rings. The number of nitrogens with one attached hydrogen (secondary N) is 1. The van der Waals surface area contributed by atoms with E-state index in [4.69, 9.17) is 0 Å². The number of pyridine rings is 1. The lowest BCUT2D eigenvalue weighted by molar-refractivity contribution is -0.141. The van der Waals surface area contributed by atoms with Crippen molar-refractivity contribution in [2.75, 3.05) is 0 Å². The molecular formula is C31H30FN3O2. The first-order chi connectivity index (χ1) is 18.1. The summed E-state index contributed by atoms with van der Waals surface area (Å²) in [5.74, 6) is -0.728. The summed E-state index contributed by atoms with van der Waals surface area (Å²) >= 11 is 0. The molecular weight excluding hydrogens is 465 g/mol. The van der Waals surface area contributed by atoms with Crippen LogP contribution < -0.4 is 5.32 Å². The van der Waals surface area contributed by atoms with Crippen LogP contribution in [0, 0.1) is 5.82 Å². The van der Waals surface area contributed by atoms with Crippen LogP contribution in [0.15, 0.2) is 109 Å². The molecule has 3 aromatic carbocycles. The number of nitrogens with zero attached hydrogens (tertiary/aromatic N) is 2. The van der Waals surface area contributed by atoms with Gasteiger partial charge in [0.2, 0.25) is 11.8 Å². The molecule has 1 N–H and O–H groups in total. The number of benzene rings is 3. The van der Waals surface area contributed by atoms with Crippen molar-refractivity contribution in [1.82, 2.24) is 15.2 Å². The Balaban J connectivity index is 1.60. The predicted molar refractivity (Wildman–Crippen MR) is 142 cm³/mol. The van der Waals surface area contributed by atoms with Gasteiger partial charge in [-0.2, -0.15) is 0 Å². The van der Waals surface area contributed by atoms with Gasteiger partial charge in [0.05, 0.1) is 0 Å². The molecule has 0 radical (unpaired) electrons. The molecule has 37 heavy (non-hydrogen) atoms. The SMILES string of the molecule is O=C(NCc1cccnc1)C(Cc1ccccc1)N(Cc1ccc(F)cc1)C(=O)CCc1ccccc1. The normalized spacial score (nSPS) is 11.5. The first-order valence-electron chi connectivity index (χ1n) is 12.4. The van der Waals surface area contributed by atoms with Crippen LogP contribution in [0.3, 0.4) is 0 Å². The lowest BCUT2D eigenvalue weighted by Gasteiger charge is -2.31. The smallest absolute Gasteiger partial charge is 0.243 e. The Morgan fingerprint density at radius 1 is 0.784 bits per heavy atom. The maximum absolute atomic E-state index is 13.7. The number of carbonyl (C=O) groups excluding carboxylic acids is 2. The zero-order valence-corrected chi connectivity index (χ0v) is 20.6. The van der Waals surface area contributed by atoms with Crippen LogP contribution in [0.4, 0.5) is 4.39 Å². The molecule has 6 heteroatoms. The molecule has 1 aromatic heterocycles. The Hall–Kier alpha value is -4.32. The summed E-state index contributed by atoms with van der Waals surface area (Å²) < 4.78 is 13.6. The largest absolute Gasteiger partial charge is 0.350 e. The summed E-state index contributed by atoms with van der Waals surface area (Å²) in [4.78, 5) is 33.0. The van der Waals surface area contributed by atoms with Crippen molar-refractivity contribution >= 4 is 11.8 Å². The first kappa shape index (κ1) is 25.8. The molecule has 188 valence electrons. The Kier molecular flexibility index (Phi) is 9.13. The van der Waals surface area contributed by atoms with Crippen LogP contribution in [-0.4, -0.2) is 27.7 Å². The van der Waals surface area contributed by atoms with Gasteiger partial charge in [-0.05, 0) is 46.9 Å². The standard InChI is InChI=1S/C31H30FN3O2/c32-28-16-13-26(14-17-28)23-35(30(36)18-15-24-8-3-1-4-9-24)29(20-25-10-5-2-6-11-25)31(37)34-22-27-12-7-19-33-21-27/h1-14,16-17,19,21,29H,15,18,20,22-23H2,(H,34,37).